The summed E-state index contributed by atoms with van der Waals surface area (Å²) < 4.78 is 0. The van der Waals surface area contributed by atoms with Gasteiger partial charge in [-0.1, -0.05) is 66.5 Å². The number of allylic oxidation sites excluding steroid dienone is 2. The third-order valence-corrected chi connectivity index (χ3v) is 12.0. The highest BCUT2D eigenvalue weighted by atomic mass is 16.3. The van der Waals surface area contributed by atoms with Gasteiger partial charge in [0, 0.05) is 0 Å². The number of aliphatic hydroxyl groups is 1. The smallest absolute Gasteiger partial charge is 0.0568 e. The summed E-state index contributed by atoms with van der Waals surface area (Å²) >= 11 is 0. The second-order valence-electron chi connectivity index (χ2n) is 13.6. The Hall–Kier alpha value is -0.300. The molecule has 0 aromatic heterocycles. The molecule has 0 bridgehead atoms. The minimum Gasteiger partial charge on any atom is -0.393 e. The molecule has 0 saturated heterocycles. The molecule has 0 amide bonds. The Morgan fingerprint density at radius 3 is 2.29 bits per heavy atom. The standard InChI is InChI=1S/C30H52O/c1-18(2)19(3)17-20(4)21(5)24-11-12-26-23-9-10-25-22(6)28(31)14-16-30(25,8)27(23)13-15-29(24,26)7/h18-22,24-25,27-28,31H,9-17H2,1-8H3/t19-,20+,21-,22+,24-,25+,27+,28+,29-,30+/m1/s1. The number of rotatable bonds is 5. The number of hydrogen-bond donors (Lipinski definition) is 1. The molecule has 4 aliphatic carbocycles. The lowest BCUT2D eigenvalue weighted by Crippen LogP contribution is -2.51. The molecule has 178 valence electrons. The molecule has 1 heteroatoms. The second-order valence-corrected chi connectivity index (χ2v) is 13.6. The van der Waals surface area contributed by atoms with E-state index in [2.05, 4.69) is 55.4 Å². The van der Waals surface area contributed by atoms with Crippen molar-refractivity contribution in [2.75, 3.05) is 0 Å². The van der Waals surface area contributed by atoms with Crippen molar-refractivity contribution in [3.63, 3.8) is 0 Å². The molecule has 1 nitrogen and oxygen atoms in total. The minimum absolute atomic E-state index is 0.0624. The molecular formula is C30H52O. The highest BCUT2D eigenvalue weighted by Crippen LogP contribution is 2.66. The van der Waals surface area contributed by atoms with Gasteiger partial charge in [-0.2, -0.15) is 0 Å². The largest absolute Gasteiger partial charge is 0.393 e. The van der Waals surface area contributed by atoms with Crippen molar-refractivity contribution < 1.29 is 5.11 Å². The van der Waals surface area contributed by atoms with Gasteiger partial charge in [0.15, 0.2) is 0 Å². The van der Waals surface area contributed by atoms with E-state index in [9.17, 15) is 5.11 Å². The lowest BCUT2D eigenvalue weighted by atomic mass is 9.47. The summed E-state index contributed by atoms with van der Waals surface area (Å²) in [4.78, 5) is 0. The second kappa shape index (κ2) is 8.48. The van der Waals surface area contributed by atoms with Crippen LogP contribution in [0.25, 0.3) is 0 Å². The highest BCUT2D eigenvalue weighted by molar-refractivity contribution is 5.35. The fraction of sp³-hybridized carbons (Fsp3) is 0.933. The van der Waals surface area contributed by atoms with Crippen molar-refractivity contribution >= 4 is 0 Å². The summed E-state index contributed by atoms with van der Waals surface area (Å²) in [6.45, 7) is 20.0. The Balaban J connectivity index is 1.57. The van der Waals surface area contributed by atoms with E-state index >= 15 is 0 Å². The predicted molar refractivity (Wildman–Crippen MR) is 133 cm³/mol. The molecule has 4 rings (SSSR count). The van der Waals surface area contributed by atoms with Crippen molar-refractivity contribution in [2.45, 2.75) is 119 Å². The normalized spacial score (nSPS) is 45.7. The van der Waals surface area contributed by atoms with Gasteiger partial charge in [0.25, 0.3) is 0 Å². The van der Waals surface area contributed by atoms with Crippen LogP contribution in [-0.2, 0) is 0 Å². The van der Waals surface area contributed by atoms with Gasteiger partial charge >= 0.3 is 0 Å². The van der Waals surface area contributed by atoms with Gasteiger partial charge in [0.1, 0.15) is 0 Å². The van der Waals surface area contributed by atoms with Gasteiger partial charge in [0.2, 0.25) is 0 Å². The lowest BCUT2D eigenvalue weighted by molar-refractivity contribution is -0.0781. The molecule has 4 aliphatic rings. The van der Waals surface area contributed by atoms with Crippen molar-refractivity contribution in [3.8, 4) is 0 Å². The molecule has 3 saturated carbocycles. The van der Waals surface area contributed by atoms with Crippen LogP contribution in [0.2, 0.25) is 0 Å². The Bertz CT molecular complexity index is 691. The van der Waals surface area contributed by atoms with Crippen molar-refractivity contribution in [2.24, 2.45) is 58.2 Å². The van der Waals surface area contributed by atoms with Crippen molar-refractivity contribution in [1.82, 2.24) is 0 Å². The van der Waals surface area contributed by atoms with E-state index < -0.39 is 0 Å². The zero-order chi connectivity index (χ0) is 22.7. The van der Waals surface area contributed by atoms with Crippen LogP contribution in [0.4, 0.5) is 0 Å². The van der Waals surface area contributed by atoms with E-state index in [0.717, 1.165) is 47.8 Å². The molecule has 0 aromatic carbocycles. The van der Waals surface area contributed by atoms with E-state index in [-0.39, 0.29) is 6.10 Å². The maximum absolute atomic E-state index is 10.6. The van der Waals surface area contributed by atoms with E-state index in [1.54, 1.807) is 0 Å². The van der Waals surface area contributed by atoms with Crippen LogP contribution in [0.3, 0.4) is 0 Å². The molecule has 0 heterocycles. The van der Waals surface area contributed by atoms with E-state index in [0.29, 0.717) is 16.7 Å². The van der Waals surface area contributed by atoms with Crippen LogP contribution in [-0.4, -0.2) is 11.2 Å². The van der Waals surface area contributed by atoms with Gasteiger partial charge < -0.3 is 5.11 Å². The molecule has 1 N–H and O–H groups in total. The SMILES string of the molecule is CC(C)[C@H](C)C[C@H](C)[C@@H](C)[C@H]1CCC2=C3CC[C@H]4[C@H](C)[C@@H](O)CC[C@]4(C)[C@H]3CC[C@@]21C. The fourth-order valence-corrected chi connectivity index (χ4v) is 9.30. The average Bonchev–Trinajstić information content (AvgIpc) is 3.07. The highest BCUT2D eigenvalue weighted by Gasteiger charge is 2.57. The first-order chi connectivity index (χ1) is 14.5. The van der Waals surface area contributed by atoms with Crippen molar-refractivity contribution in [1.29, 1.82) is 0 Å². The third-order valence-electron chi connectivity index (χ3n) is 12.0. The zero-order valence-electron chi connectivity index (χ0n) is 22.0. The quantitative estimate of drug-likeness (QED) is 0.437. The number of fused-ring (bicyclic) bond motifs is 4. The molecule has 3 fully saturated rings. The summed E-state index contributed by atoms with van der Waals surface area (Å²) in [6.07, 6.45) is 11.9. The maximum atomic E-state index is 10.6. The van der Waals surface area contributed by atoms with E-state index in [1.807, 2.05) is 11.1 Å². The Morgan fingerprint density at radius 1 is 0.903 bits per heavy atom. The van der Waals surface area contributed by atoms with Crippen LogP contribution >= 0.6 is 0 Å². The molecule has 0 aromatic rings. The fourth-order valence-electron chi connectivity index (χ4n) is 9.30. The summed E-state index contributed by atoms with van der Waals surface area (Å²) in [5.74, 6) is 6.18. The van der Waals surface area contributed by atoms with Crippen LogP contribution in [0.1, 0.15) is 113 Å². The minimum atomic E-state index is -0.0624. The number of aliphatic hydroxyl groups excluding tert-OH is 1. The van der Waals surface area contributed by atoms with Gasteiger partial charge in [-0.15, -0.1) is 0 Å². The van der Waals surface area contributed by atoms with Crippen LogP contribution < -0.4 is 0 Å². The van der Waals surface area contributed by atoms with Gasteiger partial charge in [-0.3, -0.25) is 0 Å². The third kappa shape index (κ3) is 3.77. The molecule has 10 atom stereocenters. The van der Waals surface area contributed by atoms with Gasteiger partial charge in [-0.05, 0) is 116 Å². The van der Waals surface area contributed by atoms with E-state index in [1.165, 1.54) is 51.4 Å². The summed E-state index contributed by atoms with van der Waals surface area (Å²) in [7, 11) is 0. The molecule has 0 radical (unpaired) electrons. The molecule has 31 heavy (non-hydrogen) atoms. The molecule has 0 unspecified atom stereocenters. The predicted octanol–water partition coefficient (Wildman–Crippen LogP) is 8.27. The molecule has 0 aliphatic heterocycles. The first kappa shape index (κ1) is 23.8. The Morgan fingerprint density at radius 2 is 1.61 bits per heavy atom. The maximum Gasteiger partial charge on any atom is 0.0568 e. The molecule has 0 spiro atoms. The molecular weight excluding hydrogens is 376 g/mol. The van der Waals surface area contributed by atoms with Crippen LogP contribution in [0.5, 0.6) is 0 Å². The monoisotopic (exact) mass is 428 g/mol. The number of hydrogen-bond acceptors (Lipinski definition) is 1. The first-order valence-corrected chi connectivity index (χ1v) is 13.9. The van der Waals surface area contributed by atoms with E-state index in [4.69, 9.17) is 0 Å². The van der Waals surface area contributed by atoms with Crippen LogP contribution in [0.15, 0.2) is 11.1 Å². The summed E-state index contributed by atoms with van der Waals surface area (Å²) in [5, 5.41) is 10.6. The van der Waals surface area contributed by atoms with Gasteiger partial charge in [-0.25, -0.2) is 0 Å². The average molecular weight is 429 g/mol. The van der Waals surface area contributed by atoms with Crippen LogP contribution in [0, 0.1) is 58.2 Å². The lowest BCUT2D eigenvalue weighted by Gasteiger charge is -2.58. The van der Waals surface area contributed by atoms with Gasteiger partial charge in [0.05, 0.1) is 6.10 Å². The zero-order valence-corrected chi connectivity index (χ0v) is 22.0. The first-order valence-electron chi connectivity index (χ1n) is 13.9. The topological polar surface area (TPSA) is 20.2 Å². The summed E-state index contributed by atoms with van der Waals surface area (Å²) in [6, 6.07) is 0. The Labute approximate surface area is 193 Å². The van der Waals surface area contributed by atoms with Crippen molar-refractivity contribution in [3.05, 3.63) is 11.1 Å². The summed E-state index contributed by atoms with van der Waals surface area (Å²) in [5.41, 5.74) is 4.73. The Kier molecular flexibility index (Phi) is 6.53.